The number of ether oxygens (including phenoxy) is 3. The molecule has 0 aromatic rings. The number of carbonyl (C=O) groups is 3. The molecule has 0 spiro atoms. The highest BCUT2D eigenvalue weighted by atomic mass is 16.6. The van der Waals surface area contributed by atoms with Crippen LogP contribution in [0.2, 0.25) is 0 Å². The van der Waals surface area contributed by atoms with Crippen molar-refractivity contribution in [1.82, 2.24) is 0 Å². The largest absolute Gasteiger partial charge is 0.462 e. The second kappa shape index (κ2) is 49.8. The van der Waals surface area contributed by atoms with Gasteiger partial charge >= 0.3 is 17.9 Å². The quantitative estimate of drug-likeness (QED) is 0.0263. The van der Waals surface area contributed by atoms with Gasteiger partial charge in [0, 0.05) is 19.3 Å². The summed E-state index contributed by atoms with van der Waals surface area (Å²) in [6.45, 7) is 6.65. The fraction of sp³-hybridized carbons (Fsp3) is 0.907. The van der Waals surface area contributed by atoms with E-state index in [1.54, 1.807) is 0 Å². The van der Waals surface area contributed by atoms with Crippen molar-refractivity contribution in [3.8, 4) is 0 Å². The number of unbranched alkanes of at least 4 members (excludes halogenated alkanes) is 36. The Labute approximate surface area is 373 Å². The molecule has 0 fully saturated rings. The maximum atomic E-state index is 12.8. The molecular weight excluding hydrogens is 745 g/mol. The molecule has 354 valence electrons. The average molecular weight is 847 g/mol. The third-order valence-electron chi connectivity index (χ3n) is 12.0. The standard InChI is InChI=1S/C54H102O6/c1-4-7-10-13-16-19-21-23-25-26-27-29-30-32-35-38-41-44-47-53(56)59-50-51(49-58-52(55)46-43-40-37-34-18-15-12-9-6-3)60-54(57)48-45-42-39-36-33-31-28-24-22-20-17-14-11-8-5-2/h24,28,51H,4-23,25-27,29-50H2,1-3H3/b28-24-. The van der Waals surface area contributed by atoms with E-state index in [4.69, 9.17) is 14.2 Å². The van der Waals surface area contributed by atoms with Crippen molar-refractivity contribution in [2.45, 2.75) is 303 Å². The maximum absolute atomic E-state index is 12.8. The first kappa shape index (κ1) is 58.1. The Morgan fingerprint density at radius 3 is 0.833 bits per heavy atom. The van der Waals surface area contributed by atoms with Gasteiger partial charge in [0.2, 0.25) is 0 Å². The van der Waals surface area contributed by atoms with Gasteiger partial charge in [-0.3, -0.25) is 14.4 Å². The van der Waals surface area contributed by atoms with Gasteiger partial charge in [-0.2, -0.15) is 0 Å². The minimum Gasteiger partial charge on any atom is -0.462 e. The smallest absolute Gasteiger partial charge is 0.306 e. The Morgan fingerprint density at radius 2 is 0.550 bits per heavy atom. The minimum absolute atomic E-state index is 0.0681. The highest BCUT2D eigenvalue weighted by molar-refractivity contribution is 5.71. The van der Waals surface area contributed by atoms with E-state index in [1.165, 1.54) is 193 Å². The van der Waals surface area contributed by atoms with Gasteiger partial charge in [0.1, 0.15) is 13.2 Å². The van der Waals surface area contributed by atoms with Crippen molar-refractivity contribution in [2.24, 2.45) is 0 Å². The first-order valence-corrected chi connectivity index (χ1v) is 26.7. The van der Waals surface area contributed by atoms with Crippen LogP contribution in [0.5, 0.6) is 0 Å². The van der Waals surface area contributed by atoms with E-state index >= 15 is 0 Å². The predicted molar refractivity (Wildman–Crippen MR) is 256 cm³/mol. The third kappa shape index (κ3) is 47.2. The highest BCUT2D eigenvalue weighted by Crippen LogP contribution is 2.16. The van der Waals surface area contributed by atoms with Gasteiger partial charge < -0.3 is 14.2 Å². The van der Waals surface area contributed by atoms with Crippen LogP contribution in [-0.4, -0.2) is 37.2 Å². The van der Waals surface area contributed by atoms with Crippen molar-refractivity contribution in [3.05, 3.63) is 12.2 Å². The first-order chi connectivity index (χ1) is 29.5. The summed E-state index contributed by atoms with van der Waals surface area (Å²) in [5.74, 6) is -0.862. The molecule has 0 aromatic carbocycles. The second-order valence-corrected chi connectivity index (χ2v) is 18.2. The molecule has 0 saturated carbocycles. The Bertz CT molecular complexity index is 931. The molecule has 0 N–H and O–H groups in total. The number of hydrogen-bond acceptors (Lipinski definition) is 6. The summed E-state index contributed by atoms with van der Waals surface area (Å²) < 4.78 is 16.8. The number of rotatable bonds is 49. The Morgan fingerprint density at radius 1 is 0.317 bits per heavy atom. The normalized spacial score (nSPS) is 12.0. The molecule has 1 atom stereocenters. The van der Waals surface area contributed by atoms with E-state index in [0.717, 1.165) is 64.2 Å². The van der Waals surface area contributed by atoms with Crippen molar-refractivity contribution in [2.75, 3.05) is 13.2 Å². The van der Waals surface area contributed by atoms with Crippen LogP contribution in [0, 0.1) is 0 Å². The van der Waals surface area contributed by atoms with Gasteiger partial charge in [-0.25, -0.2) is 0 Å². The minimum atomic E-state index is -0.767. The zero-order valence-corrected chi connectivity index (χ0v) is 40.5. The van der Waals surface area contributed by atoms with Crippen LogP contribution < -0.4 is 0 Å². The van der Waals surface area contributed by atoms with E-state index in [-0.39, 0.29) is 31.1 Å². The van der Waals surface area contributed by atoms with Crippen molar-refractivity contribution >= 4 is 17.9 Å². The van der Waals surface area contributed by atoms with Crippen LogP contribution in [0.15, 0.2) is 12.2 Å². The molecule has 6 nitrogen and oxygen atoms in total. The molecule has 0 saturated heterocycles. The topological polar surface area (TPSA) is 78.9 Å². The van der Waals surface area contributed by atoms with Gasteiger partial charge in [-0.1, -0.05) is 245 Å². The Balaban J connectivity index is 4.26. The summed E-state index contributed by atoms with van der Waals surface area (Å²) in [5.41, 5.74) is 0. The summed E-state index contributed by atoms with van der Waals surface area (Å²) in [6, 6.07) is 0. The van der Waals surface area contributed by atoms with Crippen LogP contribution >= 0.6 is 0 Å². The van der Waals surface area contributed by atoms with E-state index in [0.29, 0.717) is 19.3 Å². The summed E-state index contributed by atoms with van der Waals surface area (Å²) in [6.07, 6.45) is 54.9. The molecule has 0 radical (unpaired) electrons. The highest BCUT2D eigenvalue weighted by Gasteiger charge is 2.19. The fourth-order valence-electron chi connectivity index (χ4n) is 7.97. The Hall–Kier alpha value is -1.85. The molecule has 1 unspecified atom stereocenters. The van der Waals surface area contributed by atoms with Gasteiger partial charge in [0.05, 0.1) is 0 Å². The zero-order valence-electron chi connectivity index (χ0n) is 40.5. The Kier molecular flexibility index (Phi) is 48.3. The number of allylic oxidation sites excluding steroid dienone is 2. The van der Waals surface area contributed by atoms with Gasteiger partial charge in [-0.05, 0) is 44.9 Å². The average Bonchev–Trinajstić information content (AvgIpc) is 3.24. The molecule has 6 heteroatoms. The number of carbonyl (C=O) groups excluding carboxylic acids is 3. The van der Waals surface area contributed by atoms with Gasteiger partial charge in [0.25, 0.3) is 0 Å². The summed E-state index contributed by atoms with van der Waals surface area (Å²) >= 11 is 0. The summed E-state index contributed by atoms with van der Waals surface area (Å²) in [4.78, 5) is 37.9. The lowest BCUT2D eigenvalue weighted by Gasteiger charge is -2.18. The molecule has 60 heavy (non-hydrogen) atoms. The predicted octanol–water partition coefficient (Wildman–Crippen LogP) is 17.4. The SMILES string of the molecule is CCCCCCCC/C=C\CCCCCCCC(=O)OC(COC(=O)CCCCCCCCCCC)COC(=O)CCCCCCCCCCCCCCCCCCCC. The number of hydrogen-bond donors (Lipinski definition) is 0. The monoisotopic (exact) mass is 847 g/mol. The number of esters is 3. The fourth-order valence-corrected chi connectivity index (χ4v) is 7.97. The van der Waals surface area contributed by atoms with Crippen LogP contribution in [0.1, 0.15) is 297 Å². The molecule has 0 bridgehead atoms. The molecule has 0 heterocycles. The molecule has 0 aliphatic carbocycles. The molecular formula is C54H102O6. The molecule has 0 amide bonds. The zero-order chi connectivity index (χ0) is 43.7. The van der Waals surface area contributed by atoms with E-state index < -0.39 is 6.10 Å². The van der Waals surface area contributed by atoms with E-state index in [1.807, 2.05) is 0 Å². The second-order valence-electron chi connectivity index (χ2n) is 18.2. The molecule has 0 aliphatic rings. The van der Waals surface area contributed by atoms with E-state index in [2.05, 4.69) is 32.9 Å². The van der Waals surface area contributed by atoms with Crippen LogP contribution in [0.25, 0.3) is 0 Å². The van der Waals surface area contributed by atoms with Crippen molar-refractivity contribution < 1.29 is 28.6 Å². The molecule has 0 rings (SSSR count). The first-order valence-electron chi connectivity index (χ1n) is 26.7. The maximum Gasteiger partial charge on any atom is 0.306 e. The third-order valence-corrected chi connectivity index (χ3v) is 12.0. The lowest BCUT2D eigenvalue weighted by molar-refractivity contribution is -0.167. The van der Waals surface area contributed by atoms with Crippen LogP contribution in [0.3, 0.4) is 0 Å². The van der Waals surface area contributed by atoms with E-state index in [9.17, 15) is 14.4 Å². The summed E-state index contributed by atoms with van der Waals surface area (Å²) in [5, 5.41) is 0. The van der Waals surface area contributed by atoms with Crippen molar-refractivity contribution in [1.29, 1.82) is 0 Å². The van der Waals surface area contributed by atoms with Crippen LogP contribution in [-0.2, 0) is 28.6 Å². The lowest BCUT2D eigenvalue weighted by Crippen LogP contribution is -2.30. The van der Waals surface area contributed by atoms with Gasteiger partial charge in [0.15, 0.2) is 6.10 Å². The van der Waals surface area contributed by atoms with Gasteiger partial charge in [-0.15, -0.1) is 0 Å². The summed E-state index contributed by atoms with van der Waals surface area (Å²) in [7, 11) is 0. The lowest BCUT2D eigenvalue weighted by atomic mass is 10.0. The van der Waals surface area contributed by atoms with Crippen molar-refractivity contribution in [3.63, 3.8) is 0 Å². The molecule has 0 aliphatic heterocycles. The molecule has 0 aromatic heterocycles. The van der Waals surface area contributed by atoms with Crippen LogP contribution in [0.4, 0.5) is 0 Å².